The molecule has 0 spiro atoms. The first-order valence-corrected chi connectivity index (χ1v) is 7.83. The smallest absolute Gasteiger partial charge is 0.230 e. The third-order valence-electron chi connectivity index (χ3n) is 5.62. The van der Waals surface area contributed by atoms with E-state index >= 15 is 0 Å². The molecule has 1 unspecified atom stereocenters. The Bertz CT molecular complexity index is 586. The van der Waals surface area contributed by atoms with Crippen LogP contribution in [0.3, 0.4) is 0 Å². The van der Waals surface area contributed by atoms with E-state index in [1.807, 2.05) is 11.9 Å². The highest BCUT2D eigenvalue weighted by Gasteiger charge is 2.75. The Morgan fingerprint density at radius 1 is 1.36 bits per heavy atom. The van der Waals surface area contributed by atoms with E-state index in [1.165, 1.54) is 0 Å². The van der Waals surface area contributed by atoms with E-state index in [9.17, 15) is 9.59 Å². The summed E-state index contributed by atoms with van der Waals surface area (Å²) in [6, 6.07) is 0.303. The molecule has 0 radical (unpaired) electrons. The second-order valence-corrected chi connectivity index (χ2v) is 7.09. The Labute approximate surface area is 128 Å². The van der Waals surface area contributed by atoms with Gasteiger partial charge in [0.15, 0.2) is 0 Å². The van der Waals surface area contributed by atoms with Gasteiger partial charge in [0.05, 0.1) is 22.7 Å². The van der Waals surface area contributed by atoms with Gasteiger partial charge in [0, 0.05) is 25.8 Å². The fourth-order valence-electron chi connectivity index (χ4n) is 4.35. The van der Waals surface area contributed by atoms with Crippen molar-refractivity contribution in [3.8, 4) is 0 Å². The van der Waals surface area contributed by atoms with E-state index in [-0.39, 0.29) is 22.6 Å². The zero-order chi connectivity index (χ0) is 15.4. The Balaban J connectivity index is 1.36. The van der Waals surface area contributed by atoms with E-state index in [2.05, 4.69) is 20.8 Å². The summed E-state index contributed by atoms with van der Waals surface area (Å²) in [7, 11) is 1.90. The van der Waals surface area contributed by atoms with Crippen molar-refractivity contribution in [3.05, 3.63) is 12.4 Å². The first-order valence-electron chi connectivity index (χ1n) is 7.83. The fraction of sp³-hybridized carbons (Fsp3) is 0.667. The van der Waals surface area contributed by atoms with Gasteiger partial charge in [0.25, 0.3) is 0 Å². The van der Waals surface area contributed by atoms with Crippen molar-refractivity contribution in [1.82, 2.24) is 20.4 Å². The van der Waals surface area contributed by atoms with Gasteiger partial charge in [0.2, 0.25) is 11.8 Å². The summed E-state index contributed by atoms with van der Waals surface area (Å²) in [5, 5.41) is 12.7. The molecule has 4 fully saturated rings. The molecular weight excluding hydrogens is 282 g/mol. The number of hydrogen-bond acceptors (Lipinski definition) is 4. The molecule has 7 heteroatoms. The largest absolute Gasteiger partial charge is 0.341 e. The van der Waals surface area contributed by atoms with E-state index in [0.29, 0.717) is 31.0 Å². The van der Waals surface area contributed by atoms with Crippen LogP contribution in [0.1, 0.15) is 25.7 Å². The second-order valence-electron chi connectivity index (χ2n) is 7.09. The summed E-state index contributed by atoms with van der Waals surface area (Å²) in [4.78, 5) is 27.0. The molecule has 118 valence electrons. The molecule has 1 aliphatic heterocycles. The number of amides is 2. The number of H-pyrrole nitrogens is 1. The summed E-state index contributed by atoms with van der Waals surface area (Å²) in [5.41, 5.74) is 0.0801. The number of carbonyl (C=O) groups excluding carboxylic acids is 2. The van der Waals surface area contributed by atoms with Gasteiger partial charge in [-0.25, -0.2) is 0 Å². The number of nitrogens with zero attached hydrogens (tertiary/aromatic N) is 2. The zero-order valence-electron chi connectivity index (χ0n) is 12.7. The maximum absolute atomic E-state index is 12.7. The van der Waals surface area contributed by atoms with E-state index < -0.39 is 0 Å². The number of nitrogens with one attached hydrogen (secondary N) is 3. The van der Waals surface area contributed by atoms with E-state index in [0.717, 1.165) is 19.5 Å². The van der Waals surface area contributed by atoms with Gasteiger partial charge in [-0.15, -0.1) is 0 Å². The van der Waals surface area contributed by atoms with Crippen molar-refractivity contribution >= 4 is 17.5 Å². The summed E-state index contributed by atoms with van der Waals surface area (Å²) < 4.78 is 0. The monoisotopic (exact) mass is 303 g/mol. The molecule has 1 aromatic rings. The molecule has 22 heavy (non-hydrogen) atoms. The van der Waals surface area contributed by atoms with Crippen LogP contribution in [0.15, 0.2) is 12.4 Å². The van der Waals surface area contributed by atoms with Crippen LogP contribution in [-0.4, -0.2) is 53.1 Å². The molecule has 3 aliphatic carbocycles. The molecule has 3 N–H and O–H groups in total. The third-order valence-corrected chi connectivity index (χ3v) is 5.62. The molecule has 1 saturated heterocycles. The second kappa shape index (κ2) is 4.55. The Kier molecular flexibility index (Phi) is 2.84. The predicted molar refractivity (Wildman–Crippen MR) is 80.0 cm³/mol. The average Bonchev–Trinajstić information content (AvgIpc) is 3.06. The summed E-state index contributed by atoms with van der Waals surface area (Å²) in [6.07, 6.45) is 6.33. The minimum Gasteiger partial charge on any atom is -0.341 e. The van der Waals surface area contributed by atoms with Crippen LogP contribution in [0.4, 0.5) is 5.69 Å². The van der Waals surface area contributed by atoms with E-state index in [1.54, 1.807) is 12.4 Å². The molecule has 2 bridgehead atoms. The van der Waals surface area contributed by atoms with Crippen LogP contribution >= 0.6 is 0 Å². The van der Waals surface area contributed by atoms with Gasteiger partial charge in [-0.05, 0) is 32.2 Å². The standard InChI is InChI=1S/C15H21N5O2/c1-20(11-2-3-16-6-11)13(22)15-7-14(8-15,9-15)12(21)19-10-4-17-18-5-10/h4-5,11,16H,2-3,6-9H2,1H3,(H,17,18)(H,19,21). The van der Waals surface area contributed by atoms with Gasteiger partial charge in [-0.2, -0.15) is 5.10 Å². The van der Waals surface area contributed by atoms with Gasteiger partial charge in [0.1, 0.15) is 0 Å². The van der Waals surface area contributed by atoms with Gasteiger partial charge < -0.3 is 15.5 Å². The number of likely N-dealkylation sites (N-methyl/N-ethyl adjacent to an activating group) is 1. The molecule has 4 aliphatic rings. The number of anilines is 1. The third kappa shape index (κ3) is 1.81. The molecule has 3 saturated carbocycles. The summed E-state index contributed by atoms with van der Waals surface area (Å²) >= 11 is 0. The number of aromatic amines is 1. The first-order chi connectivity index (χ1) is 10.5. The Morgan fingerprint density at radius 3 is 2.73 bits per heavy atom. The lowest BCUT2D eigenvalue weighted by atomic mass is 9.34. The Hall–Kier alpha value is -1.89. The summed E-state index contributed by atoms with van der Waals surface area (Å²) in [5.74, 6) is 0.243. The van der Waals surface area contributed by atoms with Crippen LogP contribution in [-0.2, 0) is 9.59 Å². The zero-order valence-corrected chi connectivity index (χ0v) is 12.7. The average molecular weight is 303 g/mol. The molecule has 1 aromatic heterocycles. The highest BCUT2D eigenvalue weighted by molar-refractivity contribution is 6.02. The maximum Gasteiger partial charge on any atom is 0.230 e. The Morgan fingerprint density at radius 2 is 2.14 bits per heavy atom. The fourth-order valence-corrected chi connectivity index (χ4v) is 4.35. The van der Waals surface area contributed by atoms with Crippen LogP contribution < -0.4 is 10.6 Å². The topological polar surface area (TPSA) is 90.1 Å². The molecule has 0 aromatic carbocycles. The molecule has 2 amide bonds. The normalized spacial score (nSPS) is 35.4. The van der Waals surface area contributed by atoms with Crippen molar-refractivity contribution in [1.29, 1.82) is 0 Å². The number of rotatable bonds is 4. The SMILES string of the molecule is CN(C(=O)C12CC(C(=O)Nc3cn[nH]c3)(C1)C2)C1CCNC1. The van der Waals surface area contributed by atoms with Crippen molar-refractivity contribution in [2.24, 2.45) is 10.8 Å². The predicted octanol–water partition coefficient (Wildman–Crippen LogP) is 0.339. The number of carbonyl (C=O) groups is 2. The lowest BCUT2D eigenvalue weighted by Crippen LogP contribution is -2.72. The van der Waals surface area contributed by atoms with Gasteiger partial charge >= 0.3 is 0 Å². The molecule has 7 nitrogen and oxygen atoms in total. The first kappa shape index (κ1) is 13.8. The van der Waals surface area contributed by atoms with Gasteiger partial charge in [-0.1, -0.05) is 0 Å². The molecular formula is C15H21N5O2. The lowest BCUT2D eigenvalue weighted by Gasteiger charge is -2.68. The van der Waals surface area contributed by atoms with Gasteiger partial charge in [-0.3, -0.25) is 14.7 Å². The summed E-state index contributed by atoms with van der Waals surface area (Å²) in [6.45, 7) is 1.86. The minimum atomic E-state index is -0.332. The minimum absolute atomic E-state index is 0.0220. The van der Waals surface area contributed by atoms with Crippen LogP contribution in [0, 0.1) is 10.8 Å². The highest BCUT2D eigenvalue weighted by atomic mass is 16.2. The van der Waals surface area contributed by atoms with Crippen molar-refractivity contribution in [3.63, 3.8) is 0 Å². The number of aromatic nitrogens is 2. The van der Waals surface area contributed by atoms with E-state index in [4.69, 9.17) is 0 Å². The lowest BCUT2D eigenvalue weighted by molar-refractivity contribution is -0.212. The molecule has 5 rings (SSSR count). The van der Waals surface area contributed by atoms with Crippen LogP contribution in [0.2, 0.25) is 0 Å². The van der Waals surface area contributed by atoms with Crippen molar-refractivity contribution in [2.45, 2.75) is 31.7 Å². The van der Waals surface area contributed by atoms with Crippen LogP contribution in [0.25, 0.3) is 0 Å². The quantitative estimate of drug-likeness (QED) is 0.748. The highest BCUT2D eigenvalue weighted by Crippen LogP contribution is 2.74. The number of hydrogen-bond donors (Lipinski definition) is 3. The molecule has 2 heterocycles. The maximum atomic E-state index is 12.7. The van der Waals surface area contributed by atoms with Crippen molar-refractivity contribution in [2.75, 3.05) is 25.5 Å². The molecule has 1 atom stereocenters. The van der Waals surface area contributed by atoms with Crippen molar-refractivity contribution < 1.29 is 9.59 Å². The van der Waals surface area contributed by atoms with Crippen LogP contribution in [0.5, 0.6) is 0 Å².